The number of halogens is 3. The lowest BCUT2D eigenvalue weighted by molar-refractivity contribution is 0.611. The predicted octanol–water partition coefficient (Wildman–Crippen LogP) is 3.72. The van der Waals surface area contributed by atoms with Crippen LogP contribution in [-0.2, 0) is 0 Å². The molecule has 4 aromatic heterocycles. The van der Waals surface area contributed by atoms with Crippen molar-refractivity contribution in [3.8, 4) is 34.2 Å². The van der Waals surface area contributed by atoms with Crippen LogP contribution in [-0.4, -0.2) is 30.1 Å². The van der Waals surface area contributed by atoms with Crippen molar-refractivity contribution in [2.75, 3.05) is 0 Å². The van der Waals surface area contributed by atoms with Crippen molar-refractivity contribution in [1.82, 2.24) is 30.1 Å². The number of aryl methyl sites for hydroxylation is 1. The Morgan fingerprint density at radius 3 is 2.48 bits per heavy atom. The first-order valence-electron chi connectivity index (χ1n) is 7.84. The summed E-state index contributed by atoms with van der Waals surface area (Å²) >= 11 is 0. The van der Waals surface area contributed by atoms with Gasteiger partial charge in [-0.15, -0.1) is 0 Å². The quantitative estimate of drug-likeness (QED) is 0.596. The molecule has 0 bridgehead atoms. The van der Waals surface area contributed by atoms with E-state index < -0.39 is 17.5 Å². The van der Waals surface area contributed by atoms with Crippen molar-refractivity contribution in [2.45, 2.75) is 6.92 Å². The van der Waals surface area contributed by atoms with Gasteiger partial charge < -0.3 is 0 Å². The second-order valence-corrected chi connectivity index (χ2v) is 5.72. The molecular weight excluding hydrogens is 357 g/mol. The number of pyridine rings is 3. The van der Waals surface area contributed by atoms with Gasteiger partial charge in [-0.3, -0.25) is 10.1 Å². The Labute approximate surface area is 151 Å². The molecule has 0 atom stereocenters. The number of hydrogen-bond acceptors (Lipinski definition) is 5. The summed E-state index contributed by atoms with van der Waals surface area (Å²) in [7, 11) is 0. The van der Waals surface area contributed by atoms with Crippen molar-refractivity contribution in [3.63, 3.8) is 0 Å². The molecule has 0 saturated heterocycles. The van der Waals surface area contributed by atoms with Gasteiger partial charge in [0, 0.05) is 17.3 Å². The van der Waals surface area contributed by atoms with Gasteiger partial charge in [-0.05, 0) is 31.2 Å². The molecule has 0 spiro atoms. The van der Waals surface area contributed by atoms with Crippen LogP contribution in [0.1, 0.15) is 5.69 Å². The van der Waals surface area contributed by atoms with Gasteiger partial charge in [0.05, 0.1) is 18.1 Å². The van der Waals surface area contributed by atoms with Crippen LogP contribution < -0.4 is 0 Å². The normalized spacial score (nSPS) is 11.0. The Bertz CT molecular complexity index is 1120. The average Bonchev–Trinajstić information content (AvgIpc) is 3.14. The van der Waals surface area contributed by atoms with Gasteiger partial charge in [0.15, 0.2) is 17.5 Å². The summed E-state index contributed by atoms with van der Waals surface area (Å²) in [4.78, 5) is 16.1. The van der Waals surface area contributed by atoms with E-state index in [2.05, 4.69) is 30.1 Å². The minimum atomic E-state index is -0.581. The van der Waals surface area contributed by atoms with Crippen molar-refractivity contribution >= 4 is 0 Å². The summed E-state index contributed by atoms with van der Waals surface area (Å²) in [5.74, 6) is -1.12. The van der Waals surface area contributed by atoms with E-state index in [0.717, 1.165) is 12.4 Å². The van der Waals surface area contributed by atoms with Crippen LogP contribution in [0.3, 0.4) is 0 Å². The van der Waals surface area contributed by atoms with E-state index in [1.165, 1.54) is 37.4 Å². The smallest absolute Gasteiger partial charge is 0.200 e. The molecule has 4 aromatic rings. The Morgan fingerprint density at radius 2 is 1.74 bits per heavy atom. The molecule has 0 fully saturated rings. The zero-order valence-electron chi connectivity index (χ0n) is 13.9. The molecular formula is C18H11F3N6. The highest BCUT2D eigenvalue weighted by Crippen LogP contribution is 2.28. The van der Waals surface area contributed by atoms with E-state index in [-0.39, 0.29) is 28.3 Å². The summed E-state index contributed by atoms with van der Waals surface area (Å²) < 4.78 is 41.0. The first kappa shape index (κ1) is 16.8. The molecule has 0 aliphatic carbocycles. The Balaban J connectivity index is 1.78. The van der Waals surface area contributed by atoms with Crippen molar-refractivity contribution < 1.29 is 13.2 Å². The SMILES string of the molecule is Cc1nc(-c2n[nH]c(-c3ccc(F)cn3)n2)cc(-c2cncc(F)c2)c1F. The summed E-state index contributed by atoms with van der Waals surface area (Å²) in [6.07, 6.45) is 3.46. The predicted molar refractivity (Wildman–Crippen MR) is 90.7 cm³/mol. The first-order valence-corrected chi connectivity index (χ1v) is 7.84. The molecule has 6 nitrogen and oxygen atoms in total. The van der Waals surface area contributed by atoms with Crippen molar-refractivity contribution in [3.05, 3.63) is 66.0 Å². The topological polar surface area (TPSA) is 80.2 Å². The number of H-pyrrole nitrogens is 1. The zero-order chi connectivity index (χ0) is 19.0. The number of hydrogen-bond donors (Lipinski definition) is 1. The third-order valence-corrected chi connectivity index (χ3v) is 3.82. The Kier molecular flexibility index (Phi) is 4.11. The monoisotopic (exact) mass is 368 g/mol. The second kappa shape index (κ2) is 6.60. The largest absolute Gasteiger partial charge is 0.261 e. The lowest BCUT2D eigenvalue weighted by Crippen LogP contribution is -1.97. The fourth-order valence-corrected chi connectivity index (χ4v) is 2.55. The molecule has 0 radical (unpaired) electrons. The number of nitrogens with zero attached hydrogens (tertiary/aromatic N) is 5. The van der Waals surface area contributed by atoms with Gasteiger partial charge in [0.25, 0.3) is 0 Å². The van der Waals surface area contributed by atoms with E-state index in [1.54, 1.807) is 0 Å². The summed E-state index contributed by atoms with van der Waals surface area (Å²) in [6.45, 7) is 1.49. The molecule has 4 heterocycles. The second-order valence-electron chi connectivity index (χ2n) is 5.72. The summed E-state index contributed by atoms with van der Waals surface area (Å²) in [5, 5.41) is 6.75. The van der Waals surface area contributed by atoms with E-state index in [0.29, 0.717) is 11.5 Å². The molecule has 9 heteroatoms. The summed E-state index contributed by atoms with van der Waals surface area (Å²) in [6, 6.07) is 5.30. The van der Waals surface area contributed by atoms with Crippen LogP contribution in [0, 0.1) is 24.4 Å². The van der Waals surface area contributed by atoms with E-state index in [4.69, 9.17) is 0 Å². The third kappa shape index (κ3) is 3.26. The van der Waals surface area contributed by atoms with Gasteiger partial charge in [0.1, 0.15) is 23.0 Å². The van der Waals surface area contributed by atoms with Crippen LogP contribution in [0.25, 0.3) is 34.2 Å². The average molecular weight is 368 g/mol. The van der Waals surface area contributed by atoms with Crippen LogP contribution >= 0.6 is 0 Å². The lowest BCUT2D eigenvalue weighted by Gasteiger charge is -2.07. The van der Waals surface area contributed by atoms with Crippen LogP contribution in [0.2, 0.25) is 0 Å². The summed E-state index contributed by atoms with van der Waals surface area (Å²) in [5.41, 5.74) is 1.20. The first-order chi connectivity index (χ1) is 13.0. The van der Waals surface area contributed by atoms with Gasteiger partial charge >= 0.3 is 0 Å². The molecule has 27 heavy (non-hydrogen) atoms. The molecule has 4 rings (SSSR count). The molecule has 0 saturated carbocycles. The van der Waals surface area contributed by atoms with Crippen LogP contribution in [0.4, 0.5) is 13.2 Å². The van der Waals surface area contributed by atoms with Crippen molar-refractivity contribution in [1.29, 1.82) is 0 Å². The molecule has 0 aromatic carbocycles. The lowest BCUT2D eigenvalue weighted by atomic mass is 10.1. The van der Waals surface area contributed by atoms with Gasteiger partial charge in [-0.25, -0.2) is 28.1 Å². The van der Waals surface area contributed by atoms with Crippen LogP contribution in [0.15, 0.2) is 42.9 Å². The maximum atomic E-state index is 14.5. The maximum Gasteiger partial charge on any atom is 0.200 e. The van der Waals surface area contributed by atoms with E-state index in [1.807, 2.05) is 0 Å². The number of aromatic amines is 1. The molecule has 0 amide bonds. The van der Waals surface area contributed by atoms with Gasteiger partial charge in [-0.1, -0.05) is 0 Å². The van der Waals surface area contributed by atoms with Gasteiger partial charge in [-0.2, -0.15) is 5.10 Å². The molecule has 1 N–H and O–H groups in total. The minimum Gasteiger partial charge on any atom is -0.261 e. The fraction of sp³-hybridized carbons (Fsp3) is 0.0556. The zero-order valence-corrected chi connectivity index (χ0v) is 13.9. The molecule has 0 aliphatic rings. The number of aromatic nitrogens is 6. The molecule has 0 unspecified atom stereocenters. The van der Waals surface area contributed by atoms with Crippen molar-refractivity contribution in [2.24, 2.45) is 0 Å². The third-order valence-electron chi connectivity index (χ3n) is 3.82. The van der Waals surface area contributed by atoms with Crippen LogP contribution in [0.5, 0.6) is 0 Å². The minimum absolute atomic E-state index is 0.109. The Hall–Kier alpha value is -3.62. The standard InChI is InChI=1S/C18H11F3N6/c1-9-16(21)13(10-4-12(20)7-22-6-10)5-15(24-9)18-25-17(26-27-18)14-3-2-11(19)8-23-14/h2-8H,1H3,(H,25,26,27). The Morgan fingerprint density at radius 1 is 0.889 bits per heavy atom. The van der Waals surface area contributed by atoms with E-state index >= 15 is 0 Å². The highest BCUT2D eigenvalue weighted by atomic mass is 19.1. The fourth-order valence-electron chi connectivity index (χ4n) is 2.55. The maximum absolute atomic E-state index is 14.5. The van der Waals surface area contributed by atoms with Gasteiger partial charge in [0.2, 0.25) is 0 Å². The highest BCUT2D eigenvalue weighted by molar-refractivity contribution is 5.69. The highest BCUT2D eigenvalue weighted by Gasteiger charge is 2.17. The van der Waals surface area contributed by atoms with E-state index in [9.17, 15) is 13.2 Å². The number of nitrogens with one attached hydrogen (secondary N) is 1. The number of rotatable bonds is 3. The molecule has 134 valence electrons. The molecule has 0 aliphatic heterocycles.